The number of hydrogen-bond donors (Lipinski definition) is 0. The SMILES string of the molecule is COc1cccc(C(=O)C=Cc2cc(OC)c3c(c2OC)OCO3)c1. The summed E-state index contributed by atoms with van der Waals surface area (Å²) in [5.41, 5.74) is 1.18. The average molecular weight is 342 g/mol. The quantitative estimate of drug-likeness (QED) is 0.593. The van der Waals surface area contributed by atoms with Gasteiger partial charge in [-0.15, -0.1) is 0 Å². The molecule has 0 unspecified atom stereocenters. The molecule has 2 aromatic carbocycles. The molecule has 2 aromatic rings. The Hall–Kier alpha value is -3.15. The molecular weight excluding hydrogens is 324 g/mol. The summed E-state index contributed by atoms with van der Waals surface area (Å²) in [5.74, 6) is 2.44. The topological polar surface area (TPSA) is 63.2 Å². The smallest absolute Gasteiger partial charge is 0.231 e. The third-order valence-electron chi connectivity index (χ3n) is 3.78. The third kappa shape index (κ3) is 3.24. The van der Waals surface area contributed by atoms with Gasteiger partial charge in [-0.05, 0) is 30.4 Å². The Morgan fingerprint density at radius 2 is 1.84 bits per heavy atom. The average Bonchev–Trinajstić information content (AvgIpc) is 3.14. The van der Waals surface area contributed by atoms with Crippen molar-refractivity contribution in [3.05, 3.63) is 47.5 Å². The Kier molecular flexibility index (Phi) is 4.79. The summed E-state index contributed by atoms with van der Waals surface area (Å²) in [7, 11) is 4.63. The Morgan fingerprint density at radius 3 is 2.56 bits per heavy atom. The van der Waals surface area contributed by atoms with Gasteiger partial charge in [-0.3, -0.25) is 4.79 Å². The van der Waals surface area contributed by atoms with E-state index in [1.54, 1.807) is 50.6 Å². The van der Waals surface area contributed by atoms with Gasteiger partial charge in [-0.25, -0.2) is 0 Å². The van der Waals surface area contributed by atoms with Crippen molar-refractivity contribution in [1.29, 1.82) is 0 Å². The molecule has 0 N–H and O–H groups in total. The van der Waals surface area contributed by atoms with E-state index in [0.29, 0.717) is 39.9 Å². The lowest BCUT2D eigenvalue weighted by Crippen LogP contribution is -1.96. The molecule has 25 heavy (non-hydrogen) atoms. The second-order valence-electron chi connectivity index (χ2n) is 5.20. The molecule has 1 heterocycles. The van der Waals surface area contributed by atoms with Crippen molar-refractivity contribution in [3.8, 4) is 28.7 Å². The minimum Gasteiger partial charge on any atom is -0.497 e. The van der Waals surface area contributed by atoms with Crippen molar-refractivity contribution in [2.45, 2.75) is 0 Å². The highest BCUT2D eigenvalue weighted by molar-refractivity contribution is 6.07. The number of rotatable bonds is 6. The van der Waals surface area contributed by atoms with E-state index >= 15 is 0 Å². The lowest BCUT2D eigenvalue weighted by molar-refractivity contribution is 0.104. The van der Waals surface area contributed by atoms with Gasteiger partial charge >= 0.3 is 0 Å². The van der Waals surface area contributed by atoms with E-state index in [-0.39, 0.29) is 12.6 Å². The molecule has 6 heteroatoms. The minimum absolute atomic E-state index is 0.0952. The van der Waals surface area contributed by atoms with Crippen LogP contribution >= 0.6 is 0 Å². The number of carbonyl (C=O) groups is 1. The van der Waals surface area contributed by atoms with E-state index in [0.717, 1.165) is 0 Å². The van der Waals surface area contributed by atoms with Crippen molar-refractivity contribution >= 4 is 11.9 Å². The van der Waals surface area contributed by atoms with Gasteiger partial charge in [0.1, 0.15) is 5.75 Å². The Labute approximate surface area is 145 Å². The van der Waals surface area contributed by atoms with Crippen LogP contribution in [-0.2, 0) is 0 Å². The van der Waals surface area contributed by atoms with Crippen LogP contribution in [0.4, 0.5) is 0 Å². The van der Waals surface area contributed by atoms with Crippen LogP contribution in [-0.4, -0.2) is 33.9 Å². The molecule has 0 saturated heterocycles. The third-order valence-corrected chi connectivity index (χ3v) is 3.78. The maximum absolute atomic E-state index is 12.4. The zero-order chi connectivity index (χ0) is 17.8. The lowest BCUT2D eigenvalue weighted by atomic mass is 10.1. The summed E-state index contributed by atoms with van der Waals surface area (Å²) in [4.78, 5) is 12.4. The van der Waals surface area contributed by atoms with Gasteiger partial charge in [0.2, 0.25) is 18.3 Å². The molecule has 1 aliphatic rings. The van der Waals surface area contributed by atoms with Gasteiger partial charge in [0.05, 0.1) is 21.3 Å². The second kappa shape index (κ2) is 7.17. The Bertz CT molecular complexity index is 825. The van der Waals surface area contributed by atoms with E-state index in [1.165, 1.54) is 13.2 Å². The van der Waals surface area contributed by atoms with Gasteiger partial charge < -0.3 is 23.7 Å². The highest BCUT2D eigenvalue weighted by Crippen LogP contribution is 2.49. The normalized spacial score (nSPS) is 12.3. The maximum atomic E-state index is 12.4. The van der Waals surface area contributed by atoms with Crippen molar-refractivity contribution in [2.24, 2.45) is 0 Å². The number of benzene rings is 2. The highest BCUT2D eigenvalue weighted by atomic mass is 16.7. The molecule has 0 radical (unpaired) electrons. The summed E-state index contributed by atoms with van der Waals surface area (Å²) >= 11 is 0. The number of methoxy groups -OCH3 is 3. The van der Waals surface area contributed by atoms with Crippen LogP contribution in [0.3, 0.4) is 0 Å². The fourth-order valence-electron chi connectivity index (χ4n) is 2.56. The van der Waals surface area contributed by atoms with E-state index in [9.17, 15) is 4.79 Å². The van der Waals surface area contributed by atoms with E-state index < -0.39 is 0 Å². The number of ketones is 1. The molecule has 0 atom stereocenters. The predicted molar refractivity (Wildman–Crippen MR) is 92.0 cm³/mol. The molecule has 3 rings (SSSR count). The Morgan fingerprint density at radius 1 is 1.04 bits per heavy atom. The largest absolute Gasteiger partial charge is 0.497 e. The molecule has 130 valence electrons. The zero-order valence-corrected chi connectivity index (χ0v) is 14.2. The standard InChI is InChI=1S/C19H18O6/c1-21-14-6-4-5-12(9-14)15(20)8-7-13-10-16(22-2)18-19(17(13)23-3)25-11-24-18/h4-10H,11H2,1-3H3. The summed E-state index contributed by atoms with van der Waals surface area (Å²) in [5, 5.41) is 0. The van der Waals surface area contributed by atoms with Gasteiger partial charge in [-0.2, -0.15) is 0 Å². The van der Waals surface area contributed by atoms with Crippen LogP contribution in [0.5, 0.6) is 28.7 Å². The maximum Gasteiger partial charge on any atom is 0.231 e. The fraction of sp³-hybridized carbons (Fsp3) is 0.211. The summed E-state index contributed by atoms with van der Waals surface area (Å²) < 4.78 is 26.8. The first-order valence-electron chi connectivity index (χ1n) is 7.59. The van der Waals surface area contributed by atoms with Crippen LogP contribution in [0.2, 0.25) is 0 Å². The molecule has 0 saturated carbocycles. The molecule has 0 bridgehead atoms. The molecule has 0 aromatic heterocycles. The number of ether oxygens (including phenoxy) is 5. The Balaban J connectivity index is 1.94. The highest BCUT2D eigenvalue weighted by Gasteiger charge is 2.26. The second-order valence-corrected chi connectivity index (χ2v) is 5.20. The van der Waals surface area contributed by atoms with Crippen LogP contribution in [0, 0.1) is 0 Å². The molecule has 0 fully saturated rings. The van der Waals surface area contributed by atoms with Gasteiger partial charge in [0.15, 0.2) is 17.3 Å². The molecule has 6 nitrogen and oxygen atoms in total. The minimum atomic E-state index is -0.155. The van der Waals surface area contributed by atoms with E-state index in [4.69, 9.17) is 23.7 Å². The zero-order valence-electron chi connectivity index (χ0n) is 14.2. The van der Waals surface area contributed by atoms with Crippen molar-refractivity contribution < 1.29 is 28.5 Å². The van der Waals surface area contributed by atoms with Crippen LogP contribution in [0.1, 0.15) is 15.9 Å². The van der Waals surface area contributed by atoms with Gasteiger partial charge in [-0.1, -0.05) is 12.1 Å². The number of hydrogen-bond acceptors (Lipinski definition) is 6. The van der Waals surface area contributed by atoms with Crippen LogP contribution in [0.25, 0.3) is 6.08 Å². The van der Waals surface area contributed by atoms with E-state index in [1.807, 2.05) is 0 Å². The first-order valence-corrected chi connectivity index (χ1v) is 7.59. The summed E-state index contributed by atoms with van der Waals surface area (Å²) in [6.45, 7) is 0.0952. The number of fused-ring (bicyclic) bond motifs is 1. The molecular formula is C19H18O6. The first-order chi connectivity index (χ1) is 12.2. The van der Waals surface area contributed by atoms with Crippen LogP contribution in [0.15, 0.2) is 36.4 Å². The van der Waals surface area contributed by atoms with E-state index in [2.05, 4.69) is 0 Å². The molecule has 1 aliphatic heterocycles. The molecule has 0 spiro atoms. The monoisotopic (exact) mass is 342 g/mol. The van der Waals surface area contributed by atoms with Crippen LogP contribution < -0.4 is 23.7 Å². The lowest BCUT2D eigenvalue weighted by Gasteiger charge is -2.11. The molecule has 0 aliphatic carbocycles. The van der Waals surface area contributed by atoms with Crippen molar-refractivity contribution in [3.63, 3.8) is 0 Å². The number of allylic oxidation sites excluding steroid dienone is 1. The first kappa shape index (κ1) is 16.7. The van der Waals surface area contributed by atoms with Gasteiger partial charge in [0, 0.05) is 11.1 Å². The van der Waals surface area contributed by atoms with Crippen molar-refractivity contribution in [2.75, 3.05) is 28.1 Å². The number of carbonyl (C=O) groups excluding carboxylic acids is 1. The van der Waals surface area contributed by atoms with Gasteiger partial charge in [0.25, 0.3) is 0 Å². The van der Waals surface area contributed by atoms with Crippen molar-refractivity contribution in [1.82, 2.24) is 0 Å². The molecule has 0 amide bonds. The summed E-state index contributed by atoms with van der Waals surface area (Å²) in [6.07, 6.45) is 3.12. The predicted octanol–water partition coefficient (Wildman–Crippen LogP) is 3.34. The fourth-order valence-corrected chi connectivity index (χ4v) is 2.56. The summed E-state index contributed by atoms with van der Waals surface area (Å²) in [6, 6.07) is 8.70.